The molecule has 0 aromatic heterocycles. The first-order valence-corrected chi connectivity index (χ1v) is 7.08. The summed E-state index contributed by atoms with van der Waals surface area (Å²) in [5.74, 6) is 4.73. The van der Waals surface area contributed by atoms with Crippen LogP contribution >= 0.6 is 0 Å². The molecular formula is C16H20FN3O. The number of benzene rings is 1. The number of rotatable bonds is 5. The molecule has 1 aliphatic carbocycles. The Morgan fingerprint density at radius 1 is 1.52 bits per heavy atom. The Bertz CT molecular complexity index is 573. The molecule has 2 rings (SSSR count). The van der Waals surface area contributed by atoms with Crippen molar-refractivity contribution in [1.82, 2.24) is 10.2 Å². The van der Waals surface area contributed by atoms with Gasteiger partial charge >= 0.3 is 0 Å². The summed E-state index contributed by atoms with van der Waals surface area (Å²) in [5.41, 5.74) is 6.06. The lowest BCUT2D eigenvalue weighted by atomic mass is 10.1. The molecule has 0 aliphatic heterocycles. The van der Waals surface area contributed by atoms with E-state index in [0.29, 0.717) is 23.7 Å². The van der Waals surface area contributed by atoms with Gasteiger partial charge in [-0.2, -0.15) is 0 Å². The summed E-state index contributed by atoms with van der Waals surface area (Å²) in [7, 11) is 2.06. The van der Waals surface area contributed by atoms with E-state index in [-0.39, 0.29) is 12.5 Å². The summed E-state index contributed by atoms with van der Waals surface area (Å²) in [4.78, 5) is 14.4. The zero-order valence-corrected chi connectivity index (χ0v) is 12.2. The van der Waals surface area contributed by atoms with Crippen molar-refractivity contribution in [3.05, 3.63) is 35.1 Å². The topological polar surface area (TPSA) is 58.4 Å². The van der Waals surface area contributed by atoms with Crippen LogP contribution in [0.1, 0.15) is 28.8 Å². The quantitative estimate of drug-likeness (QED) is 0.794. The summed E-state index contributed by atoms with van der Waals surface area (Å²) < 4.78 is 13.3. The van der Waals surface area contributed by atoms with Crippen molar-refractivity contribution in [3.8, 4) is 11.8 Å². The third-order valence-electron chi connectivity index (χ3n) is 3.47. The number of carbonyl (C=O) groups excluding carboxylic acids is 1. The number of nitrogens with two attached hydrogens (primary N) is 1. The van der Waals surface area contributed by atoms with Crippen molar-refractivity contribution >= 4 is 5.91 Å². The van der Waals surface area contributed by atoms with E-state index < -0.39 is 5.82 Å². The van der Waals surface area contributed by atoms with Gasteiger partial charge in [0.05, 0.1) is 12.1 Å². The Labute approximate surface area is 124 Å². The van der Waals surface area contributed by atoms with Crippen molar-refractivity contribution in [3.63, 3.8) is 0 Å². The monoisotopic (exact) mass is 289 g/mol. The van der Waals surface area contributed by atoms with E-state index in [1.165, 1.54) is 31.0 Å². The van der Waals surface area contributed by atoms with E-state index in [4.69, 9.17) is 5.73 Å². The molecule has 0 bridgehead atoms. The van der Waals surface area contributed by atoms with Crippen LogP contribution in [-0.4, -0.2) is 43.5 Å². The first-order valence-electron chi connectivity index (χ1n) is 7.08. The first kappa shape index (κ1) is 15.5. The van der Waals surface area contributed by atoms with E-state index in [9.17, 15) is 9.18 Å². The maximum absolute atomic E-state index is 13.3. The zero-order valence-electron chi connectivity index (χ0n) is 12.2. The van der Waals surface area contributed by atoms with E-state index >= 15 is 0 Å². The Hall–Kier alpha value is -1.90. The van der Waals surface area contributed by atoms with Crippen LogP contribution in [0, 0.1) is 17.7 Å². The number of amides is 1. The number of halogens is 1. The second-order valence-corrected chi connectivity index (χ2v) is 5.16. The van der Waals surface area contributed by atoms with Gasteiger partial charge in [-0.1, -0.05) is 11.8 Å². The molecule has 1 fully saturated rings. The normalized spacial score (nSPS) is 13.7. The lowest BCUT2D eigenvalue weighted by molar-refractivity contribution is 0.0949. The van der Waals surface area contributed by atoms with Crippen LogP contribution < -0.4 is 11.1 Å². The van der Waals surface area contributed by atoms with Crippen molar-refractivity contribution in [2.75, 3.05) is 26.7 Å². The Morgan fingerprint density at radius 2 is 2.29 bits per heavy atom. The highest BCUT2D eigenvalue weighted by Gasteiger charge is 2.25. The van der Waals surface area contributed by atoms with Crippen molar-refractivity contribution in [2.45, 2.75) is 18.9 Å². The molecule has 1 amide bonds. The molecule has 112 valence electrons. The van der Waals surface area contributed by atoms with Gasteiger partial charge in [-0.05, 0) is 38.1 Å². The fraction of sp³-hybridized carbons (Fsp3) is 0.438. The summed E-state index contributed by atoms with van der Waals surface area (Å²) in [6.07, 6.45) is 2.47. The maximum Gasteiger partial charge on any atom is 0.252 e. The Balaban J connectivity index is 1.97. The molecule has 21 heavy (non-hydrogen) atoms. The van der Waals surface area contributed by atoms with Gasteiger partial charge in [0, 0.05) is 24.7 Å². The second-order valence-electron chi connectivity index (χ2n) is 5.16. The van der Waals surface area contributed by atoms with Crippen LogP contribution in [0.25, 0.3) is 0 Å². The van der Waals surface area contributed by atoms with E-state index in [2.05, 4.69) is 29.1 Å². The lowest BCUT2D eigenvalue weighted by Gasteiger charge is -2.16. The summed E-state index contributed by atoms with van der Waals surface area (Å²) in [6.45, 7) is 1.54. The zero-order chi connectivity index (χ0) is 15.2. The second kappa shape index (κ2) is 7.21. The number of likely N-dealkylation sites (N-methyl/N-ethyl adjacent to an activating group) is 1. The SMILES string of the molecule is CN(CCNC(=O)c1ccc(F)cc1C#CCN)C1CC1. The minimum Gasteiger partial charge on any atom is -0.351 e. The molecule has 1 aromatic rings. The lowest BCUT2D eigenvalue weighted by Crippen LogP contribution is -2.34. The van der Waals surface area contributed by atoms with Crippen LogP contribution in [0.5, 0.6) is 0 Å². The molecule has 0 unspecified atom stereocenters. The van der Waals surface area contributed by atoms with Gasteiger partial charge in [0.2, 0.25) is 0 Å². The molecule has 1 saturated carbocycles. The predicted molar refractivity (Wildman–Crippen MR) is 80.3 cm³/mol. The average Bonchev–Trinajstić information content (AvgIpc) is 3.29. The minimum absolute atomic E-state index is 0.170. The molecule has 0 atom stereocenters. The van der Waals surface area contributed by atoms with Crippen LogP contribution in [0.15, 0.2) is 18.2 Å². The molecule has 4 nitrogen and oxygen atoms in total. The fourth-order valence-corrected chi connectivity index (χ4v) is 2.10. The highest BCUT2D eigenvalue weighted by atomic mass is 19.1. The Morgan fingerprint density at radius 3 is 2.95 bits per heavy atom. The van der Waals surface area contributed by atoms with Crippen LogP contribution in [-0.2, 0) is 0 Å². The third-order valence-corrected chi connectivity index (χ3v) is 3.47. The van der Waals surface area contributed by atoms with Gasteiger partial charge < -0.3 is 16.0 Å². The minimum atomic E-state index is -0.415. The van der Waals surface area contributed by atoms with Crippen molar-refractivity contribution in [2.24, 2.45) is 5.73 Å². The van der Waals surface area contributed by atoms with Crippen LogP contribution in [0.3, 0.4) is 0 Å². The van der Waals surface area contributed by atoms with E-state index in [1.54, 1.807) is 0 Å². The van der Waals surface area contributed by atoms with Crippen LogP contribution in [0.4, 0.5) is 4.39 Å². The Kier molecular flexibility index (Phi) is 5.32. The van der Waals surface area contributed by atoms with Gasteiger partial charge in [0.1, 0.15) is 5.82 Å². The summed E-state index contributed by atoms with van der Waals surface area (Å²) >= 11 is 0. The summed E-state index contributed by atoms with van der Waals surface area (Å²) in [5, 5.41) is 2.85. The molecule has 0 spiro atoms. The van der Waals surface area contributed by atoms with Gasteiger partial charge in [-0.15, -0.1) is 0 Å². The number of nitrogens with one attached hydrogen (secondary N) is 1. The first-order chi connectivity index (χ1) is 10.1. The van der Waals surface area contributed by atoms with Gasteiger partial charge in [0.25, 0.3) is 5.91 Å². The number of hydrogen-bond acceptors (Lipinski definition) is 3. The number of nitrogens with zero attached hydrogens (tertiary/aromatic N) is 1. The smallest absolute Gasteiger partial charge is 0.252 e. The number of carbonyl (C=O) groups is 1. The molecule has 1 aliphatic rings. The number of hydrogen-bond donors (Lipinski definition) is 2. The van der Waals surface area contributed by atoms with E-state index in [0.717, 1.165) is 6.54 Å². The molecule has 3 N–H and O–H groups in total. The fourth-order valence-electron chi connectivity index (χ4n) is 2.10. The van der Waals surface area contributed by atoms with Crippen molar-refractivity contribution < 1.29 is 9.18 Å². The molecule has 0 saturated heterocycles. The van der Waals surface area contributed by atoms with E-state index in [1.807, 2.05) is 0 Å². The maximum atomic E-state index is 13.3. The highest BCUT2D eigenvalue weighted by Crippen LogP contribution is 2.24. The van der Waals surface area contributed by atoms with Gasteiger partial charge in [0.15, 0.2) is 0 Å². The molecular weight excluding hydrogens is 269 g/mol. The van der Waals surface area contributed by atoms with Gasteiger partial charge in [-0.25, -0.2) is 4.39 Å². The highest BCUT2D eigenvalue weighted by molar-refractivity contribution is 5.96. The predicted octanol–water partition coefficient (Wildman–Crippen LogP) is 0.960. The average molecular weight is 289 g/mol. The van der Waals surface area contributed by atoms with Gasteiger partial charge in [-0.3, -0.25) is 4.79 Å². The third kappa shape index (κ3) is 4.55. The molecule has 5 heteroatoms. The molecule has 0 radical (unpaired) electrons. The van der Waals surface area contributed by atoms with Crippen molar-refractivity contribution in [1.29, 1.82) is 0 Å². The standard InChI is InChI=1S/C16H20FN3O/c1-20(14-5-6-14)10-9-19-16(21)15-7-4-13(17)11-12(15)3-2-8-18/h4,7,11,14H,5-6,8-10,18H2,1H3,(H,19,21). The largest absolute Gasteiger partial charge is 0.351 e. The molecule has 0 heterocycles. The van der Waals surface area contributed by atoms with Crippen LogP contribution in [0.2, 0.25) is 0 Å². The summed E-state index contributed by atoms with van der Waals surface area (Å²) in [6, 6.07) is 4.64. The molecule has 1 aromatic carbocycles.